The molecule has 0 aliphatic rings. The lowest BCUT2D eigenvalue weighted by molar-refractivity contribution is -0.140. The van der Waals surface area contributed by atoms with Crippen LogP contribution in [0.2, 0.25) is 0 Å². The number of aliphatic carboxylic acids is 2. The number of urea groups is 1. The maximum absolute atomic E-state index is 12.0. The summed E-state index contributed by atoms with van der Waals surface area (Å²) in [5, 5.41) is 24.3. The summed E-state index contributed by atoms with van der Waals surface area (Å²) in [4.78, 5) is 33.6. The highest BCUT2D eigenvalue weighted by atomic mass is 16.4. The highest BCUT2D eigenvalue weighted by molar-refractivity contribution is 6.02. The largest absolute Gasteiger partial charge is 0.481 e. The number of rotatable bonds is 6. The van der Waals surface area contributed by atoms with E-state index in [2.05, 4.69) is 10.6 Å². The molecule has 0 aliphatic carbocycles. The summed E-state index contributed by atoms with van der Waals surface area (Å²) >= 11 is 0. The van der Waals surface area contributed by atoms with Crippen LogP contribution in [0.5, 0.6) is 0 Å². The Morgan fingerprint density at radius 3 is 2.39 bits per heavy atom. The molecule has 120 valence electrons. The third-order valence-corrected chi connectivity index (χ3v) is 3.29. The molecule has 0 radical (unpaired) electrons. The maximum atomic E-state index is 12.0. The van der Waals surface area contributed by atoms with Gasteiger partial charge in [-0.3, -0.25) is 4.79 Å². The molecule has 2 aromatic rings. The van der Waals surface area contributed by atoms with Gasteiger partial charge in [-0.25, -0.2) is 9.59 Å². The van der Waals surface area contributed by atoms with Crippen LogP contribution in [-0.4, -0.2) is 34.2 Å². The number of carboxylic acid groups (broad SMARTS) is 2. The maximum Gasteiger partial charge on any atom is 0.326 e. The zero-order valence-electron chi connectivity index (χ0n) is 12.2. The van der Waals surface area contributed by atoms with E-state index in [0.29, 0.717) is 5.69 Å². The third kappa shape index (κ3) is 4.44. The van der Waals surface area contributed by atoms with Gasteiger partial charge < -0.3 is 20.8 Å². The second-order valence-electron chi connectivity index (χ2n) is 4.95. The summed E-state index contributed by atoms with van der Waals surface area (Å²) in [6.45, 7) is 0. The van der Waals surface area contributed by atoms with Gasteiger partial charge in [0.1, 0.15) is 6.04 Å². The molecular formula is C16H16N2O5. The minimum atomic E-state index is -1.28. The van der Waals surface area contributed by atoms with Gasteiger partial charge in [0, 0.05) is 11.8 Å². The van der Waals surface area contributed by atoms with E-state index in [4.69, 9.17) is 10.2 Å². The van der Waals surface area contributed by atoms with Crippen molar-refractivity contribution in [2.24, 2.45) is 0 Å². The zero-order chi connectivity index (χ0) is 16.8. The topological polar surface area (TPSA) is 116 Å². The van der Waals surface area contributed by atoms with E-state index < -0.39 is 24.0 Å². The lowest BCUT2D eigenvalue weighted by Gasteiger charge is -2.15. The zero-order valence-corrected chi connectivity index (χ0v) is 12.2. The monoisotopic (exact) mass is 316 g/mol. The van der Waals surface area contributed by atoms with Crippen molar-refractivity contribution in [3.63, 3.8) is 0 Å². The fourth-order valence-electron chi connectivity index (χ4n) is 2.18. The van der Waals surface area contributed by atoms with Crippen molar-refractivity contribution >= 4 is 34.4 Å². The summed E-state index contributed by atoms with van der Waals surface area (Å²) in [6, 6.07) is 10.9. The quantitative estimate of drug-likeness (QED) is 0.652. The summed E-state index contributed by atoms with van der Waals surface area (Å²) in [6.07, 6.45) is -0.529. The van der Waals surface area contributed by atoms with Gasteiger partial charge in [-0.15, -0.1) is 0 Å². The minimum absolute atomic E-state index is 0.187. The Hall–Kier alpha value is -3.09. The number of nitrogens with one attached hydrogen (secondary N) is 2. The van der Waals surface area contributed by atoms with Crippen LogP contribution in [0.4, 0.5) is 10.5 Å². The van der Waals surface area contributed by atoms with E-state index >= 15 is 0 Å². The molecule has 0 saturated carbocycles. The molecule has 2 rings (SSSR count). The van der Waals surface area contributed by atoms with E-state index in [9.17, 15) is 14.4 Å². The molecule has 2 amide bonds. The molecule has 23 heavy (non-hydrogen) atoms. The average molecular weight is 316 g/mol. The standard InChI is InChI=1S/C16H16N2O5/c19-14(20)9-8-13(15(21)22)18-16(23)17-12-7-3-5-10-4-1-2-6-11(10)12/h1-7,13H,8-9H2,(H,19,20)(H,21,22)(H2,17,18,23)/t13-/m0/s1. The molecule has 0 bridgehead atoms. The van der Waals surface area contributed by atoms with Gasteiger partial charge >= 0.3 is 18.0 Å². The Morgan fingerprint density at radius 2 is 1.70 bits per heavy atom. The first-order valence-corrected chi connectivity index (χ1v) is 6.97. The third-order valence-electron chi connectivity index (χ3n) is 3.29. The number of hydrogen-bond donors (Lipinski definition) is 4. The molecule has 7 heteroatoms. The van der Waals surface area contributed by atoms with Crippen LogP contribution in [-0.2, 0) is 9.59 Å². The van der Waals surface area contributed by atoms with E-state index in [1.54, 1.807) is 12.1 Å². The Labute approximate surface area is 131 Å². The predicted octanol–water partition coefficient (Wildman–Crippen LogP) is 2.28. The Kier molecular flexibility index (Phi) is 5.14. The van der Waals surface area contributed by atoms with Gasteiger partial charge in [0.25, 0.3) is 0 Å². The fraction of sp³-hybridized carbons (Fsp3) is 0.188. The molecule has 7 nitrogen and oxygen atoms in total. The molecule has 0 aliphatic heterocycles. The molecule has 0 unspecified atom stereocenters. The molecule has 0 saturated heterocycles. The first-order chi connectivity index (χ1) is 11.0. The molecule has 0 heterocycles. The van der Waals surface area contributed by atoms with Crippen LogP contribution in [0.1, 0.15) is 12.8 Å². The van der Waals surface area contributed by atoms with Crippen molar-refractivity contribution in [1.82, 2.24) is 5.32 Å². The Morgan fingerprint density at radius 1 is 1.00 bits per heavy atom. The van der Waals surface area contributed by atoms with Crippen molar-refractivity contribution in [1.29, 1.82) is 0 Å². The normalized spacial score (nSPS) is 11.7. The van der Waals surface area contributed by atoms with E-state index in [-0.39, 0.29) is 12.8 Å². The van der Waals surface area contributed by atoms with Crippen LogP contribution in [0.25, 0.3) is 10.8 Å². The SMILES string of the molecule is O=C(O)CC[C@H](NC(=O)Nc1cccc2ccccc12)C(=O)O. The molecule has 2 aromatic carbocycles. The lowest BCUT2D eigenvalue weighted by atomic mass is 10.1. The first kappa shape index (κ1) is 16.3. The fourth-order valence-corrected chi connectivity index (χ4v) is 2.18. The number of carbonyl (C=O) groups excluding carboxylic acids is 1. The predicted molar refractivity (Wildman–Crippen MR) is 84.4 cm³/mol. The van der Waals surface area contributed by atoms with Crippen LogP contribution in [0.15, 0.2) is 42.5 Å². The van der Waals surface area contributed by atoms with Gasteiger partial charge in [-0.1, -0.05) is 36.4 Å². The van der Waals surface area contributed by atoms with Crippen LogP contribution < -0.4 is 10.6 Å². The van der Waals surface area contributed by atoms with Gasteiger partial charge in [-0.05, 0) is 17.9 Å². The van der Waals surface area contributed by atoms with Crippen molar-refractivity contribution in [3.05, 3.63) is 42.5 Å². The second-order valence-corrected chi connectivity index (χ2v) is 4.95. The Bertz CT molecular complexity index is 739. The highest BCUT2D eigenvalue weighted by Gasteiger charge is 2.21. The van der Waals surface area contributed by atoms with E-state index in [1.807, 2.05) is 30.3 Å². The molecule has 0 fully saturated rings. The van der Waals surface area contributed by atoms with Gasteiger partial charge in [0.05, 0.1) is 5.69 Å². The smallest absolute Gasteiger partial charge is 0.326 e. The summed E-state index contributed by atoms with van der Waals surface area (Å²) in [7, 11) is 0. The van der Waals surface area contributed by atoms with Crippen molar-refractivity contribution in [2.75, 3.05) is 5.32 Å². The summed E-state index contributed by atoms with van der Waals surface area (Å²) in [5.41, 5.74) is 0.544. The number of anilines is 1. The number of carbonyl (C=O) groups is 3. The van der Waals surface area contributed by atoms with E-state index in [1.165, 1.54) is 0 Å². The van der Waals surface area contributed by atoms with Crippen LogP contribution in [0, 0.1) is 0 Å². The van der Waals surface area contributed by atoms with Crippen LogP contribution >= 0.6 is 0 Å². The number of fused-ring (bicyclic) bond motifs is 1. The molecule has 1 atom stereocenters. The lowest BCUT2D eigenvalue weighted by Crippen LogP contribution is -2.43. The van der Waals surface area contributed by atoms with Crippen molar-refractivity contribution < 1.29 is 24.6 Å². The van der Waals surface area contributed by atoms with Crippen LogP contribution in [0.3, 0.4) is 0 Å². The number of carboxylic acids is 2. The first-order valence-electron chi connectivity index (χ1n) is 6.97. The van der Waals surface area contributed by atoms with Crippen molar-refractivity contribution in [2.45, 2.75) is 18.9 Å². The number of hydrogen-bond acceptors (Lipinski definition) is 3. The van der Waals surface area contributed by atoms with Gasteiger partial charge in [-0.2, -0.15) is 0 Å². The van der Waals surface area contributed by atoms with Crippen molar-refractivity contribution in [3.8, 4) is 0 Å². The molecule has 0 aromatic heterocycles. The summed E-state index contributed by atoms with van der Waals surface area (Å²) in [5.74, 6) is -2.40. The number of amides is 2. The Balaban J connectivity index is 2.08. The van der Waals surface area contributed by atoms with E-state index in [0.717, 1.165) is 10.8 Å². The molecule has 4 N–H and O–H groups in total. The second kappa shape index (κ2) is 7.26. The van der Waals surface area contributed by atoms with Gasteiger partial charge in [0.15, 0.2) is 0 Å². The minimum Gasteiger partial charge on any atom is -0.481 e. The highest BCUT2D eigenvalue weighted by Crippen LogP contribution is 2.22. The molecular weight excluding hydrogens is 300 g/mol. The summed E-state index contributed by atoms with van der Waals surface area (Å²) < 4.78 is 0. The molecule has 0 spiro atoms. The average Bonchev–Trinajstić information content (AvgIpc) is 2.51. The van der Waals surface area contributed by atoms with Gasteiger partial charge in [0.2, 0.25) is 0 Å². The number of benzene rings is 2.